The predicted octanol–water partition coefficient (Wildman–Crippen LogP) is 2.81. The highest BCUT2D eigenvalue weighted by atomic mass is 16.1. The second kappa shape index (κ2) is 5.71. The van der Waals surface area contributed by atoms with E-state index in [9.17, 15) is 4.79 Å². The third-order valence-electron chi connectivity index (χ3n) is 3.37. The Kier molecular flexibility index (Phi) is 4.03. The Morgan fingerprint density at radius 1 is 1.44 bits per heavy atom. The molecule has 18 heavy (non-hydrogen) atoms. The van der Waals surface area contributed by atoms with E-state index in [1.54, 1.807) is 6.07 Å². The average Bonchev–Trinajstić information content (AvgIpc) is 2.85. The molecule has 0 bridgehead atoms. The van der Waals surface area contributed by atoms with E-state index in [0.29, 0.717) is 17.8 Å². The summed E-state index contributed by atoms with van der Waals surface area (Å²) < 4.78 is 0. The van der Waals surface area contributed by atoms with Crippen molar-refractivity contribution in [3.05, 3.63) is 41.0 Å². The van der Waals surface area contributed by atoms with E-state index in [1.807, 2.05) is 19.1 Å². The van der Waals surface area contributed by atoms with Gasteiger partial charge in [-0.3, -0.25) is 4.79 Å². The summed E-state index contributed by atoms with van der Waals surface area (Å²) in [6.45, 7) is 2.63. The van der Waals surface area contributed by atoms with Gasteiger partial charge in [-0.1, -0.05) is 17.7 Å². The maximum Gasteiger partial charge on any atom is 0.251 e. The van der Waals surface area contributed by atoms with Crippen LogP contribution in [0.3, 0.4) is 0 Å². The summed E-state index contributed by atoms with van der Waals surface area (Å²) in [5, 5.41) is 2.96. The first-order valence-corrected chi connectivity index (χ1v) is 6.49. The summed E-state index contributed by atoms with van der Waals surface area (Å²) in [5.41, 5.74) is 9.44. The molecule has 0 saturated carbocycles. The molecular formula is C15H20N2O. The second-order valence-electron chi connectivity index (χ2n) is 4.83. The molecule has 0 saturated heterocycles. The molecule has 0 aromatic heterocycles. The number of benzene rings is 1. The Morgan fingerprint density at radius 2 is 2.28 bits per heavy atom. The Bertz CT molecular complexity index is 477. The molecule has 1 aliphatic carbocycles. The molecular weight excluding hydrogens is 224 g/mol. The fourth-order valence-electron chi connectivity index (χ4n) is 2.28. The van der Waals surface area contributed by atoms with Gasteiger partial charge in [-0.15, -0.1) is 0 Å². The van der Waals surface area contributed by atoms with E-state index in [1.165, 1.54) is 24.8 Å². The fourth-order valence-corrected chi connectivity index (χ4v) is 2.28. The monoisotopic (exact) mass is 244 g/mol. The van der Waals surface area contributed by atoms with Gasteiger partial charge >= 0.3 is 0 Å². The van der Waals surface area contributed by atoms with Gasteiger partial charge in [-0.25, -0.2) is 0 Å². The van der Waals surface area contributed by atoms with Crippen LogP contribution < -0.4 is 11.1 Å². The van der Waals surface area contributed by atoms with Crippen LogP contribution in [0.2, 0.25) is 0 Å². The molecule has 0 radical (unpaired) electrons. The number of allylic oxidation sites excluding steroid dienone is 1. The summed E-state index contributed by atoms with van der Waals surface area (Å²) in [6.07, 6.45) is 6.90. The summed E-state index contributed by atoms with van der Waals surface area (Å²) in [6, 6.07) is 5.43. The highest BCUT2D eigenvalue weighted by Gasteiger charge is 2.10. The molecule has 1 aliphatic rings. The first kappa shape index (κ1) is 12.7. The minimum absolute atomic E-state index is 0.0293. The van der Waals surface area contributed by atoms with E-state index in [2.05, 4.69) is 11.4 Å². The summed E-state index contributed by atoms with van der Waals surface area (Å²) in [5.74, 6) is -0.0293. The zero-order valence-corrected chi connectivity index (χ0v) is 10.8. The molecule has 2 rings (SSSR count). The lowest BCUT2D eigenvalue weighted by Crippen LogP contribution is -2.25. The summed E-state index contributed by atoms with van der Waals surface area (Å²) in [4.78, 5) is 12.0. The molecule has 0 atom stereocenters. The Balaban J connectivity index is 1.89. The van der Waals surface area contributed by atoms with Crippen molar-refractivity contribution in [2.75, 3.05) is 12.3 Å². The van der Waals surface area contributed by atoms with Crippen LogP contribution in [-0.2, 0) is 0 Å². The Labute approximate surface area is 108 Å². The van der Waals surface area contributed by atoms with Gasteiger partial charge in [0.1, 0.15) is 0 Å². The molecule has 1 aromatic rings. The van der Waals surface area contributed by atoms with Crippen molar-refractivity contribution in [2.24, 2.45) is 0 Å². The average molecular weight is 244 g/mol. The summed E-state index contributed by atoms with van der Waals surface area (Å²) in [7, 11) is 0. The van der Waals surface area contributed by atoms with Crippen LogP contribution in [0, 0.1) is 6.92 Å². The van der Waals surface area contributed by atoms with Crippen molar-refractivity contribution in [1.82, 2.24) is 5.32 Å². The number of nitrogens with one attached hydrogen (secondary N) is 1. The standard InChI is InChI=1S/C15H20N2O/c1-11-6-7-13(16)10-14(11)15(18)17-9-8-12-4-2-3-5-12/h4,6-7,10H,2-3,5,8-9,16H2,1H3,(H,17,18). The minimum atomic E-state index is -0.0293. The van der Waals surface area contributed by atoms with Crippen molar-refractivity contribution < 1.29 is 4.79 Å². The van der Waals surface area contributed by atoms with Crippen LogP contribution in [0.4, 0.5) is 5.69 Å². The molecule has 3 nitrogen and oxygen atoms in total. The zero-order chi connectivity index (χ0) is 13.0. The van der Waals surface area contributed by atoms with Crippen molar-refractivity contribution in [3.63, 3.8) is 0 Å². The van der Waals surface area contributed by atoms with Gasteiger partial charge in [0.2, 0.25) is 0 Å². The van der Waals surface area contributed by atoms with Crippen molar-refractivity contribution in [3.8, 4) is 0 Å². The maximum atomic E-state index is 12.0. The van der Waals surface area contributed by atoms with Crippen LogP contribution in [-0.4, -0.2) is 12.5 Å². The number of nitrogen functional groups attached to an aromatic ring is 1. The van der Waals surface area contributed by atoms with Gasteiger partial charge in [0, 0.05) is 17.8 Å². The lowest BCUT2D eigenvalue weighted by atomic mass is 10.1. The van der Waals surface area contributed by atoms with Crippen LogP contribution in [0.1, 0.15) is 41.6 Å². The molecule has 0 heterocycles. The molecule has 1 aromatic carbocycles. The molecule has 0 spiro atoms. The lowest BCUT2D eigenvalue weighted by Gasteiger charge is -2.08. The fraction of sp³-hybridized carbons (Fsp3) is 0.400. The Morgan fingerprint density at radius 3 is 3.00 bits per heavy atom. The first-order chi connectivity index (χ1) is 8.66. The van der Waals surface area contributed by atoms with E-state index in [4.69, 9.17) is 5.73 Å². The van der Waals surface area contributed by atoms with Gasteiger partial charge in [0.15, 0.2) is 0 Å². The van der Waals surface area contributed by atoms with Gasteiger partial charge in [-0.2, -0.15) is 0 Å². The first-order valence-electron chi connectivity index (χ1n) is 6.49. The van der Waals surface area contributed by atoms with E-state index < -0.39 is 0 Å². The molecule has 0 fully saturated rings. The number of anilines is 1. The number of aryl methyl sites for hydroxylation is 1. The molecule has 0 aliphatic heterocycles. The smallest absolute Gasteiger partial charge is 0.251 e. The molecule has 3 N–H and O–H groups in total. The third-order valence-corrected chi connectivity index (χ3v) is 3.37. The second-order valence-corrected chi connectivity index (χ2v) is 4.83. The number of rotatable bonds is 4. The van der Waals surface area contributed by atoms with E-state index in [-0.39, 0.29) is 5.91 Å². The Hall–Kier alpha value is -1.77. The van der Waals surface area contributed by atoms with E-state index >= 15 is 0 Å². The topological polar surface area (TPSA) is 55.1 Å². The predicted molar refractivity (Wildman–Crippen MR) is 74.5 cm³/mol. The third kappa shape index (κ3) is 3.13. The number of nitrogens with two attached hydrogens (primary N) is 1. The van der Waals surface area contributed by atoms with Gasteiger partial charge < -0.3 is 11.1 Å². The van der Waals surface area contributed by atoms with Gasteiger partial charge in [0.05, 0.1) is 0 Å². The van der Waals surface area contributed by atoms with Crippen molar-refractivity contribution >= 4 is 11.6 Å². The van der Waals surface area contributed by atoms with Crippen LogP contribution >= 0.6 is 0 Å². The highest BCUT2D eigenvalue weighted by molar-refractivity contribution is 5.96. The number of amides is 1. The quantitative estimate of drug-likeness (QED) is 0.632. The van der Waals surface area contributed by atoms with E-state index in [0.717, 1.165) is 12.0 Å². The number of carbonyl (C=O) groups excluding carboxylic acids is 1. The summed E-state index contributed by atoms with van der Waals surface area (Å²) >= 11 is 0. The van der Waals surface area contributed by atoms with Crippen LogP contribution in [0.25, 0.3) is 0 Å². The van der Waals surface area contributed by atoms with Crippen molar-refractivity contribution in [1.29, 1.82) is 0 Å². The lowest BCUT2D eigenvalue weighted by molar-refractivity contribution is 0.0953. The molecule has 0 unspecified atom stereocenters. The number of hydrogen-bond acceptors (Lipinski definition) is 2. The molecule has 1 amide bonds. The zero-order valence-electron chi connectivity index (χ0n) is 10.8. The maximum absolute atomic E-state index is 12.0. The SMILES string of the molecule is Cc1ccc(N)cc1C(=O)NCCC1=CCCC1. The van der Waals surface area contributed by atoms with Crippen LogP contribution in [0.15, 0.2) is 29.8 Å². The van der Waals surface area contributed by atoms with Crippen molar-refractivity contribution in [2.45, 2.75) is 32.6 Å². The minimum Gasteiger partial charge on any atom is -0.399 e. The number of carbonyl (C=O) groups is 1. The largest absolute Gasteiger partial charge is 0.399 e. The molecule has 3 heteroatoms. The normalized spacial score (nSPS) is 14.4. The number of hydrogen-bond donors (Lipinski definition) is 2. The van der Waals surface area contributed by atoms with Gasteiger partial charge in [-0.05, 0) is 50.3 Å². The highest BCUT2D eigenvalue weighted by Crippen LogP contribution is 2.20. The van der Waals surface area contributed by atoms with Gasteiger partial charge in [0.25, 0.3) is 5.91 Å². The van der Waals surface area contributed by atoms with Crippen LogP contribution in [0.5, 0.6) is 0 Å². The molecule has 96 valence electrons.